The van der Waals surface area contributed by atoms with Gasteiger partial charge in [-0.3, -0.25) is 4.99 Å². The number of nitrogens with one attached hydrogen (secondary N) is 1. The molecule has 0 atom stereocenters. The molecule has 3 heteroatoms. The van der Waals surface area contributed by atoms with Crippen LogP contribution in [-0.4, -0.2) is 38.5 Å². The van der Waals surface area contributed by atoms with Crippen molar-refractivity contribution in [3.8, 4) is 0 Å². The SMILES string of the molecule is CN=C(NCC(C)C)N(C)C. The van der Waals surface area contributed by atoms with Crippen LogP contribution >= 0.6 is 0 Å². The van der Waals surface area contributed by atoms with Crippen molar-refractivity contribution in [2.45, 2.75) is 13.8 Å². The van der Waals surface area contributed by atoms with Crippen LogP contribution in [0.2, 0.25) is 0 Å². The van der Waals surface area contributed by atoms with Crippen molar-refractivity contribution in [1.82, 2.24) is 10.2 Å². The summed E-state index contributed by atoms with van der Waals surface area (Å²) in [5, 5.41) is 3.24. The largest absolute Gasteiger partial charge is 0.356 e. The molecule has 66 valence electrons. The third-order valence-electron chi connectivity index (χ3n) is 1.30. The van der Waals surface area contributed by atoms with Gasteiger partial charge in [0, 0.05) is 27.7 Å². The van der Waals surface area contributed by atoms with E-state index in [1.165, 1.54) is 0 Å². The maximum atomic E-state index is 4.09. The van der Waals surface area contributed by atoms with Crippen LogP contribution in [0.25, 0.3) is 0 Å². The van der Waals surface area contributed by atoms with E-state index < -0.39 is 0 Å². The number of hydrogen-bond donors (Lipinski definition) is 1. The molecule has 0 amide bonds. The number of nitrogens with zero attached hydrogens (tertiary/aromatic N) is 2. The summed E-state index contributed by atoms with van der Waals surface area (Å²) in [5.41, 5.74) is 0. The van der Waals surface area contributed by atoms with Crippen molar-refractivity contribution >= 4 is 5.96 Å². The number of guanidine groups is 1. The van der Waals surface area contributed by atoms with Gasteiger partial charge in [0.05, 0.1) is 0 Å². The summed E-state index contributed by atoms with van der Waals surface area (Å²) in [6.45, 7) is 5.33. The zero-order valence-electron chi connectivity index (χ0n) is 8.18. The Balaban J connectivity index is 3.72. The first-order valence-electron chi connectivity index (χ1n) is 3.96. The lowest BCUT2D eigenvalue weighted by Gasteiger charge is -2.17. The highest BCUT2D eigenvalue weighted by atomic mass is 15.3. The fourth-order valence-corrected chi connectivity index (χ4v) is 0.733. The molecule has 0 rings (SSSR count). The highest BCUT2D eigenvalue weighted by molar-refractivity contribution is 5.79. The first-order valence-corrected chi connectivity index (χ1v) is 3.96. The molecule has 0 spiro atoms. The van der Waals surface area contributed by atoms with Gasteiger partial charge in [-0.2, -0.15) is 0 Å². The van der Waals surface area contributed by atoms with Gasteiger partial charge < -0.3 is 10.2 Å². The topological polar surface area (TPSA) is 27.6 Å². The number of rotatable bonds is 2. The fraction of sp³-hybridized carbons (Fsp3) is 0.875. The molecule has 0 fully saturated rings. The quantitative estimate of drug-likeness (QED) is 0.474. The normalized spacial score (nSPS) is 12.0. The lowest BCUT2D eigenvalue weighted by Crippen LogP contribution is -2.38. The van der Waals surface area contributed by atoms with E-state index in [0.717, 1.165) is 12.5 Å². The van der Waals surface area contributed by atoms with Crippen LogP contribution in [0.4, 0.5) is 0 Å². The van der Waals surface area contributed by atoms with Crippen LogP contribution in [0.1, 0.15) is 13.8 Å². The molecular formula is C8H19N3. The molecule has 0 unspecified atom stereocenters. The Bertz CT molecular complexity index is 127. The number of hydrogen-bond acceptors (Lipinski definition) is 1. The summed E-state index contributed by atoms with van der Waals surface area (Å²) in [6.07, 6.45) is 0. The van der Waals surface area contributed by atoms with Gasteiger partial charge in [-0.15, -0.1) is 0 Å². The molecule has 3 nitrogen and oxygen atoms in total. The molecule has 0 heterocycles. The van der Waals surface area contributed by atoms with Gasteiger partial charge in [-0.1, -0.05) is 13.8 Å². The molecule has 0 aromatic heterocycles. The highest BCUT2D eigenvalue weighted by Gasteiger charge is 1.99. The summed E-state index contributed by atoms with van der Waals surface area (Å²) in [6, 6.07) is 0. The van der Waals surface area contributed by atoms with Crippen LogP contribution in [-0.2, 0) is 0 Å². The van der Waals surface area contributed by atoms with Crippen LogP contribution < -0.4 is 5.32 Å². The second-order valence-electron chi connectivity index (χ2n) is 3.22. The lowest BCUT2D eigenvalue weighted by atomic mass is 10.2. The zero-order chi connectivity index (χ0) is 8.85. The summed E-state index contributed by atoms with van der Waals surface area (Å²) in [5.74, 6) is 1.60. The van der Waals surface area contributed by atoms with Crippen molar-refractivity contribution in [3.63, 3.8) is 0 Å². The van der Waals surface area contributed by atoms with E-state index in [2.05, 4.69) is 24.2 Å². The van der Waals surface area contributed by atoms with E-state index in [-0.39, 0.29) is 0 Å². The molecular weight excluding hydrogens is 138 g/mol. The van der Waals surface area contributed by atoms with Crippen molar-refractivity contribution in [2.24, 2.45) is 10.9 Å². The van der Waals surface area contributed by atoms with Gasteiger partial charge in [-0.05, 0) is 5.92 Å². The molecule has 0 saturated carbocycles. The van der Waals surface area contributed by atoms with Crippen LogP contribution in [0.5, 0.6) is 0 Å². The molecule has 1 N–H and O–H groups in total. The molecule has 0 saturated heterocycles. The molecule has 0 bridgehead atoms. The molecule has 0 aliphatic rings. The van der Waals surface area contributed by atoms with Crippen LogP contribution in [0.15, 0.2) is 4.99 Å². The standard InChI is InChI=1S/C8H19N3/c1-7(2)6-10-8(9-3)11(4)5/h7H,6H2,1-5H3,(H,9,10). The minimum Gasteiger partial charge on any atom is -0.356 e. The Morgan fingerprint density at radius 2 is 2.00 bits per heavy atom. The van der Waals surface area contributed by atoms with Crippen LogP contribution in [0, 0.1) is 5.92 Å². The van der Waals surface area contributed by atoms with Crippen LogP contribution in [0.3, 0.4) is 0 Å². The average Bonchev–Trinajstić information content (AvgIpc) is 1.87. The minimum absolute atomic E-state index is 0.659. The Kier molecular flexibility index (Phi) is 4.66. The van der Waals surface area contributed by atoms with Crippen molar-refractivity contribution in [2.75, 3.05) is 27.7 Å². The third-order valence-corrected chi connectivity index (χ3v) is 1.30. The number of aliphatic imine (C=N–C) groups is 1. The predicted molar refractivity (Wildman–Crippen MR) is 49.9 cm³/mol. The summed E-state index contributed by atoms with van der Waals surface area (Å²) in [7, 11) is 5.76. The third kappa shape index (κ3) is 4.65. The average molecular weight is 157 g/mol. The van der Waals surface area contributed by atoms with Gasteiger partial charge >= 0.3 is 0 Å². The predicted octanol–water partition coefficient (Wildman–Crippen LogP) is 0.779. The maximum Gasteiger partial charge on any atom is 0.193 e. The first-order chi connectivity index (χ1) is 5.07. The van der Waals surface area contributed by atoms with E-state index in [1.54, 1.807) is 7.05 Å². The van der Waals surface area contributed by atoms with E-state index in [9.17, 15) is 0 Å². The summed E-state index contributed by atoms with van der Waals surface area (Å²) < 4.78 is 0. The monoisotopic (exact) mass is 157 g/mol. The maximum absolute atomic E-state index is 4.09. The zero-order valence-corrected chi connectivity index (χ0v) is 8.18. The van der Waals surface area contributed by atoms with Gasteiger partial charge in [0.15, 0.2) is 5.96 Å². The minimum atomic E-state index is 0.659. The van der Waals surface area contributed by atoms with Gasteiger partial charge in [0.2, 0.25) is 0 Å². The van der Waals surface area contributed by atoms with E-state index in [1.807, 2.05) is 19.0 Å². The smallest absolute Gasteiger partial charge is 0.193 e. The molecule has 0 aromatic rings. The molecule has 0 aliphatic heterocycles. The molecule has 0 aromatic carbocycles. The first kappa shape index (κ1) is 10.3. The van der Waals surface area contributed by atoms with Crippen molar-refractivity contribution < 1.29 is 0 Å². The Morgan fingerprint density at radius 1 is 1.45 bits per heavy atom. The van der Waals surface area contributed by atoms with Gasteiger partial charge in [-0.25, -0.2) is 0 Å². The second-order valence-corrected chi connectivity index (χ2v) is 3.22. The van der Waals surface area contributed by atoms with Crippen molar-refractivity contribution in [1.29, 1.82) is 0 Å². The Labute approximate surface area is 69.5 Å². The summed E-state index contributed by atoms with van der Waals surface area (Å²) in [4.78, 5) is 6.07. The molecule has 0 radical (unpaired) electrons. The lowest BCUT2D eigenvalue weighted by molar-refractivity contribution is 0.549. The molecule has 11 heavy (non-hydrogen) atoms. The van der Waals surface area contributed by atoms with E-state index >= 15 is 0 Å². The van der Waals surface area contributed by atoms with E-state index in [0.29, 0.717) is 5.92 Å². The van der Waals surface area contributed by atoms with Gasteiger partial charge in [0.25, 0.3) is 0 Å². The van der Waals surface area contributed by atoms with E-state index in [4.69, 9.17) is 0 Å². The van der Waals surface area contributed by atoms with Gasteiger partial charge in [0.1, 0.15) is 0 Å². The van der Waals surface area contributed by atoms with Crippen molar-refractivity contribution in [3.05, 3.63) is 0 Å². The fourth-order valence-electron chi connectivity index (χ4n) is 0.733. The summed E-state index contributed by atoms with van der Waals surface area (Å²) >= 11 is 0. The second kappa shape index (κ2) is 4.99. The Morgan fingerprint density at radius 3 is 2.27 bits per heavy atom. The highest BCUT2D eigenvalue weighted by Crippen LogP contribution is 1.88. The Hall–Kier alpha value is -0.730. The molecule has 0 aliphatic carbocycles.